The van der Waals surface area contributed by atoms with E-state index in [2.05, 4.69) is 240 Å². The monoisotopic (exact) mass is 714 g/mol. The number of para-hydroxylation sites is 2. The molecule has 10 rings (SSSR count). The summed E-state index contributed by atoms with van der Waals surface area (Å²) in [6.45, 7) is 0. The Morgan fingerprint density at radius 3 is 1.45 bits per heavy atom. The van der Waals surface area contributed by atoms with E-state index in [1.165, 1.54) is 60.8 Å². The Kier molecular flexibility index (Phi) is 8.55. The highest BCUT2D eigenvalue weighted by molar-refractivity contribution is 6.17. The number of fused-ring (bicyclic) bond motifs is 3. The number of rotatable bonds is 8. The van der Waals surface area contributed by atoms with Crippen molar-refractivity contribution in [2.45, 2.75) is 0 Å². The average Bonchev–Trinajstić information content (AvgIpc) is 3.63. The molecule has 0 unspecified atom stereocenters. The standard InChI is InChI=1S/C54H38N2/c1-5-18-39(19-6-1)43-34-37-48(41-22-9-3-10-23-41)53(38-43)56-50-29-16-15-28-49(50)54-51(30-17-31-52(54)56)55(44-24-11-4-12-25-44)45-35-32-42(33-36-45)47-27-14-13-26-46(47)40-20-7-2-8-21-40/h1-38H. The summed E-state index contributed by atoms with van der Waals surface area (Å²) in [5.41, 5.74) is 16.4. The first-order valence-electron chi connectivity index (χ1n) is 19.2. The molecule has 0 saturated carbocycles. The van der Waals surface area contributed by atoms with E-state index in [4.69, 9.17) is 0 Å². The van der Waals surface area contributed by atoms with Gasteiger partial charge in [-0.2, -0.15) is 0 Å². The molecule has 2 heteroatoms. The van der Waals surface area contributed by atoms with Crippen molar-refractivity contribution in [3.8, 4) is 50.2 Å². The van der Waals surface area contributed by atoms with E-state index >= 15 is 0 Å². The van der Waals surface area contributed by atoms with Gasteiger partial charge in [-0.25, -0.2) is 0 Å². The lowest BCUT2D eigenvalue weighted by Gasteiger charge is -2.27. The van der Waals surface area contributed by atoms with Crippen molar-refractivity contribution in [1.82, 2.24) is 4.57 Å². The minimum absolute atomic E-state index is 1.09. The van der Waals surface area contributed by atoms with Gasteiger partial charge in [-0.1, -0.05) is 182 Å². The number of aromatic nitrogens is 1. The Bertz CT molecular complexity index is 2930. The third kappa shape index (κ3) is 5.95. The van der Waals surface area contributed by atoms with Crippen LogP contribution in [0.4, 0.5) is 17.1 Å². The van der Waals surface area contributed by atoms with Gasteiger partial charge in [0.1, 0.15) is 0 Å². The van der Waals surface area contributed by atoms with E-state index in [9.17, 15) is 0 Å². The number of anilines is 3. The molecule has 0 amide bonds. The number of hydrogen-bond acceptors (Lipinski definition) is 1. The van der Waals surface area contributed by atoms with Crippen LogP contribution in [0.1, 0.15) is 0 Å². The van der Waals surface area contributed by atoms with Crippen LogP contribution in [0.2, 0.25) is 0 Å². The van der Waals surface area contributed by atoms with Crippen LogP contribution in [0.3, 0.4) is 0 Å². The van der Waals surface area contributed by atoms with Gasteiger partial charge in [-0.3, -0.25) is 0 Å². The van der Waals surface area contributed by atoms with Crippen LogP contribution in [-0.2, 0) is 0 Å². The molecule has 1 heterocycles. The summed E-state index contributed by atoms with van der Waals surface area (Å²) >= 11 is 0. The molecule has 0 saturated heterocycles. The molecule has 0 bridgehead atoms. The smallest absolute Gasteiger partial charge is 0.0562 e. The Hall–Kier alpha value is -7.42. The lowest BCUT2D eigenvalue weighted by molar-refractivity contribution is 1.18. The van der Waals surface area contributed by atoms with Crippen LogP contribution in [0.15, 0.2) is 231 Å². The summed E-state index contributed by atoms with van der Waals surface area (Å²) in [6, 6.07) is 83.0. The summed E-state index contributed by atoms with van der Waals surface area (Å²) in [6.07, 6.45) is 0. The summed E-state index contributed by atoms with van der Waals surface area (Å²) < 4.78 is 2.47. The van der Waals surface area contributed by atoms with Gasteiger partial charge in [-0.15, -0.1) is 0 Å². The van der Waals surface area contributed by atoms with E-state index in [1.807, 2.05) is 0 Å². The van der Waals surface area contributed by atoms with E-state index < -0.39 is 0 Å². The van der Waals surface area contributed by atoms with E-state index in [0.717, 1.165) is 28.3 Å². The van der Waals surface area contributed by atoms with E-state index in [1.54, 1.807) is 0 Å². The molecular weight excluding hydrogens is 677 g/mol. The zero-order chi connectivity index (χ0) is 37.3. The highest BCUT2D eigenvalue weighted by Gasteiger charge is 2.22. The van der Waals surface area contributed by atoms with Gasteiger partial charge in [0.05, 0.1) is 22.4 Å². The lowest BCUT2D eigenvalue weighted by atomic mass is 9.94. The first kappa shape index (κ1) is 33.2. The van der Waals surface area contributed by atoms with Gasteiger partial charge in [0.25, 0.3) is 0 Å². The Balaban J connectivity index is 1.19. The molecule has 56 heavy (non-hydrogen) atoms. The Labute approximate surface area is 327 Å². The summed E-state index contributed by atoms with van der Waals surface area (Å²) in [5.74, 6) is 0. The molecular formula is C54H38N2. The maximum absolute atomic E-state index is 2.47. The fourth-order valence-electron chi connectivity index (χ4n) is 8.23. The van der Waals surface area contributed by atoms with Crippen molar-refractivity contribution in [2.75, 3.05) is 4.90 Å². The Morgan fingerprint density at radius 2 is 0.786 bits per heavy atom. The highest BCUT2D eigenvalue weighted by Crippen LogP contribution is 2.45. The molecule has 2 nitrogen and oxygen atoms in total. The van der Waals surface area contributed by atoms with Crippen molar-refractivity contribution < 1.29 is 0 Å². The van der Waals surface area contributed by atoms with Crippen LogP contribution in [-0.4, -0.2) is 4.57 Å². The van der Waals surface area contributed by atoms with Crippen LogP contribution in [0.5, 0.6) is 0 Å². The predicted octanol–water partition coefficient (Wildman–Crippen LogP) is 14.9. The normalized spacial score (nSPS) is 11.2. The number of benzene rings is 9. The van der Waals surface area contributed by atoms with Gasteiger partial charge in [-0.05, 0) is 87.5 Å². The second kappa shape index (κ2) is 14.4. The molecule has 1 aromatic heterocycles. The minimum atomic E-state index is 1.09. The van der Waals surface area contributed by atoms with Crippen molar-refractivity contribution >= 4 is 38.9 Å². The molecule has 264 valence electrons. The number of hydrogen-bond donors (Lipinski definition) is 0. The topological polar surface area (TPSA) is 8.17 Å². The molecule has 0 N–H and O–H groups in total. The van der Waals surface area contributed by atoms with Crippen LogP contribution in [0.25, 0.3) is 72.0 Å². The van der Waals surface area contributed by atoms with Crippen LogP contribution >= 0.6 is 0 Å². The molecule has 0 aliphatic rings. The maximum Gasteiger partial charge on any atom is 0.0562 e. The molecule has 10 aromatic rings. The van der Waals surface area contributed by atoms with Crippen molar-refractivity contribution in [2.24, 2.45) is 0 Å². The predicted molar refractivity (Wildman–Crippen MR) is 237 cm³/mol. The molecule has 9 aromatic carbocycles. The maximum atomic E-state index is 2.47. The summed E-state index contributed by atoms with van der Waals surface area (Å²) in [7, 11) is 0. The van der Waals surface area contributed by atoms with Crippen LogP contribution < -0.4 is 4.90 Å². The second-order valence-corrected chi connectivity index (χ2v) is 14.1. The van der Waals surface area contributed by atoms with Crippen molar-refractivity contribution in [3.63, 3.8) is 0 Å². The first-order chi connectivity index (χ1) is 27.8. The van der Waals surface area contributed by atoms with E-state index in [-0.39, 0.29) is 0 Å². The van der Waals surface area contributed by atoms with E-state index in [0.29, 0.717) is 0 Å². The molecule has 0 spiro atoms. The highest BCUT2D eigenvalue weighted by atomic mass is 15.1. The first-order valence-corrected chi connectivity index (χ1v) is 19.2. The molecule has 0 aliphatic carbocycles. The fourth-order valence-corrected chi connectivity index (χ4v) is 8.23. The largest absolute Gasteiger partial charge is 0.310 e. The van der Waals surface area contributed by atoms with Gasteiger partial charge in [0.15, 0.2) is 0 Å². The lowest BCUT2D eigenvalue weighted by Crippen LogP contribution is -2.10. The van der Waals surface area contributed by atoms with Crippen molar-refractivity contribution in [3.05, 3.63) is 231 Å². The molecule has 0 aliphatic heterocycles. The number of nitrogens with zero attached hydrogens (tertiary/aromatic N) is 2. The molecule has 0 atom stereocenters. The second-order valence-electron chi connectivity index (χ2n) is 14.1. The fraction of sp³-hybridized carbons (Fsp3) is 0. The average molecular weight is 715 g/mol. The SMILES string of the molecule is c1ccc(-c2ccc(-c3ccccc3)c(-n3c4ccccc4c4c(N(c5ccccc5)c5ccc(-c6ccccc6-c6ccccc6)cc5)cccc43)c2)cc1. The summed E-state index contributed by atoms with van der Waals surface area (Å²) in [4.78, 5) is 2.41. The zero-order valence-corrected chi connectivity index (χ0v) is 30.8. The van der Waals surface area contributed by atoms with Gasteiger partial charge >= 0.3 is 0 Å². The van der Waals surface area contributed by atoms with Gasteiger partial charge in [0, 0.05) is 27.7 Å². The Morgan fingerprint density at radius 1 is 0.304 bits per heavy atom. The quantitative estimate of drug-likeness (QED) is 0.152. The van der Waals surface area contributed by atoms with Crippen LogP contribution in [0, 0.1) is 0 Å². The third-order valence-electron chi connectivity index (χ3n) is 10.8. The van der Waals surface area contributed by atoms with Crippen molar-refractivity contribution in [1.29, 1.82) is 0 Å². The zero-order valence-electron chi connectivity index (χ0n) is 30.8. The van der Waals surface area contributed by atoms with Gasteiger partial charge < -0.3 is 9.47 Å². The van der Waals surface area contributed by atoms with Gasteiger partial charge in [0.2, 0.25) is 0 Å². The molecule has 0 fully saturated rings. The minimum Gasteiger partial charge on any atom is -0.310 e. The summed E-state index contributed by atoms with van der Waals surface area (Å²) in [5, 5.41) is 2.41. The third-order valence-corrected chi connectivity index (χ3v) is 10.8. The molecule has 0 radical (unpaired) electrons.